The summed E-state index contributed by atoms with van der Waals surface area (Å²) in [6.07, 6.45) is 0.512. The van der Waals surface area contributed by atoms with Crippen LogP contribution in [0.2, 0.25) is 0 Å². The molecule has 0 aliphatic heterocycles. The van der Waals surface area contributed by atoms with Gasteiger partial charge in [-0.2, -0.15) is 0 Å². The fourth-order valence-corrected chi connectivity index (χ4v) is 1.33. The van der Waals surface area contributed by atoms with Gasteiger partial charge in [0.05, 0.1) is 5.60 Å². The number of anilines is 1. The lowest BCUT2D eigenvalue weighted by Crippen LogP contribution is -2.40. The third-order valence-corrected chi connectivity index (χ3v) is 3.04. The van der Waals surface area contributed by atoms with E-state index in [1.165, 1.54) is 6.07 Å². The van der Waals surface area contributed by atoms with Crippen molar-refractivity contribution in [2.45, 2.75) is 32.8 Å². The Kier molecular flexibility index (Phi) is 4.29. The lowest BCUT2D eigenvalue weighted by molar-refractivity contribution is 0.0518. The summed E-state index contributed by atoms with van der Waals surface area (Å²) in [4.78, 5) is 11.8. The van der Waals surface area contributed by atoms with Crippen LogP contribution in [0, 0.1) is 12.7 Å². The number of nitrogen functional groups attached to an aromatic ring is 1. The number of hydrogen-bond donors (Lipinski definition) is 3. The van der Waals surface area contributed by atoms with Crippen molar-refractivity contribution >= 4 is 11.6 Å². The molecule has 0 aliphatic rings. The normalized spacial score (nSPS) is 14.1. The van der Waals surface area contributed by atoms with Gasteiger partial charge in [0.25, 0.3) is 5.91 Å². The molecule has 100 valence electrons. The highest BCUT2D eigenvalue weighted by Gasteiger charge is 2.19. The van der Waals surface area contributed by atoms with Crippen LogP contribution in [0.25, 0.3) is 0 Å². The minimum atomic E-state index is -0.968. The van der Waals surface area contributed by atoms with Crippen LogP contribution in [-0.4, -0.2) is 23.2 Å². The van der Waals surface area contributed by atoms with Crippen LogP contribution >= 0.6 is 0 Å². The first-order chi connectivity index (χ1) is 8.26. The average Bonchev–Trinajstić information content (AvgIpc) is 2.32. The molecule has 0 heterocycles. The van der Waals surface area contributed by atoms with Gasteiger partial charge >= 0.3 is 0 Å². The third kappa shape index (κ3) is 3.43. The van der Waals surface area contributed by atoms with Crippen LogP contribution in [0.3, 0.4) is 0 Å². The van der Waals surface area contributed by atoms with Gasteiger partial charge in [0.15, 0.2) is 0 Å². The van der Waals surface area contributed by atoms with Crippen LogP contribution in [0.4, 0.5) is 10.1 Å². The second kappa shape index (κ2) is 5.35. The number of nitrogens with one attached hydrogen (secondary N) is 1. The van der Waals surface area contributed by atoms with E-state index >= 15 is 0 Å². The number of carbonyl (C=O) groups is 1. The number of carbonyl (C=O) groups excluding carboxylic acids is 1. The van der Waals surface area contributed by atoms with Gasteiger partial charge in [-0.1, -0.05) is 6.92 Å². The molecule has 0 aromatic heterocycles. The molecule has 1 aromatic rings. The molecule has 1 rings (SSSR count). The maximum absolute atomic E-state index is 13.4. The van der Waals surface area contributed by atoms with E-state index in [1.807, 2.05) is 6.92 Å². The molecule has 5 heteroatoms. The number of hydrogen-bond acceptors (Lipinski definition) is 3. The van der Waals surface area contributed by atoms with Crippen molar-refractivity contribution in [1.82, 2.24) is 5.32 Å². The van der Waals surface area contributed by atoms with E-state index in [0.29, 0.717) is 12.0 Å². The number of nitrogens with two attached hydrogens (primary N) is 1. The van der Waals surface area contributed by atoms with Crippen molar-refractivity contribution in [3.63, 3.8) is 0 Å². The first-order valence-corrected chi connectivity index (χ1v) is 5.83. The van der Waals surface area contributed by atoms with Crippen LogP contribution in [-0.2, 0) is 0 Å². The van der Waals surface area contributed by atoms with Gasteiger partial charge in [-0.25, -0.2) is 4.39 Å². The lowest BCUT2D eigenvalue weighted by atomic mass is 10.0. The molecular weight excluding hydrogens is 235 g/mol. The maximum Gasteiger partial charge on any atom is 0.251 e. The van der Waals surface area contributed by atoms with Gasteiger partial charge in [0.1, 0.15) is 5.82 Å². The second-order valence-electron chi connectivity index (χ2n) is 4.71. The molecular formula is C13H19FN2O2. The summed E-state index contributed by atoms with van der Waals surface area (Å²) in [5.74, 6) is -0.961. The minimum Gasteiger partial charge on any atom is -0.398 e. The Morgan fingerprint density at radius 3 is 2.67 bits per heavy atom. The number of amides is 1. The predicted molar refractivity (Wildman–Crippen MR) is 68.8 cm³/mol. The molecule has 1 unspecified atom stereocenters. The van der Waals surface area contributed by atoms with Gasteiger partial charge in [-0.3, -0.25) is 4.79 Å². The summed E-state index contributed by atoms with van der Waals surface area (Å²) in [7, 11) is 0. The van der Waals surface area contributed by atoms with Crippen molar-refractivity contribution in [3.05, 3.63) is 29.1 Å². The average molecular weight is 254 g/mol. The van der Waals surface area contributed by atoms with Crippen molar-refractivity contribution < 1.29 is 14.3 Å². The predicted octanol–water partition coefficient (Wildman–Crippen LogP) is 1.61. The quantitative estimate of drug-likeness (QED) is 0.714. The molecule has 1 atom stereocenters. The van der Waals surface area contributed by atoms with Gasteiger partial charge in [-0.15, -0.1) is 0 Å². The summed E-state index contributed by atoms with van der Waals surface area (Å²) < 4.78 is 13.4. The Labute approximate surface area is 106 Å². The van der Waals surface area contributed by atoms with E-state index in [-0.39, 0.29) is 17.8 Å². The Hall–Kier alpha value is -1.62. The zero-order valence-corrected chi connectivity index (χ0v) is 10.9. The molecule has 0 fully saturated rings. The van der Waals surface area contributed by atoms with Crippen molar-refractivity contribution in [2.24, 2.45) is 0 Å². The first kappa shape index (κ1) is 14.4. The summed E-state index contributed by atoms with van der Waals surface area (Å²) in [5, 5.41) is 12.3. The van der Waals surface area contributed by atoms with Crippen molar-refractivity contribution in [2.75, 3.05) is 12.3 Å². The van der Waals surface area contributed by atoms with Gasteiger partial charge in [0, 0.05) is 23.4 Å². The fraction of sp³-hybridized carbons (Fsp3) is 0.462. The number of aliphatic hydroxyl groups is 1. The Morgan fingerprint density at radius 2 is 2.17 bits per heavy atom. The maximum atomic E-state index is 13.4. The van der Waals surface area contributed by atoms with E-state index in [0.717, 1.165) is 6.07 Å². The molecule has 0 radical (unpaired) electrons. The number of benzene rings is 1. The van der Waals surface area contributed by atoms with E-state index < -0.39 is 17.3 Å². The molecule has 0 bridgehead atoms. The summed E-state index contributed by atoms with van der Waals surface area (Å²) >= 11 is 0. The first-order valence-electron chi connectivity index (χ1n) is 5.83. The van der Waals surface area contributed by atoms with Crippen LogP contribution in [0.15, 0.2) is 12.1 Å². The highest BCUT2D eigenvalue weighted by Crippen LogP contribution is 2.17. The largest absolute Gasteiger partial charge is 0.398 e. The highest BCUT2D eigenvalue weighted by atomic mass is 19.1. The molecule has 0 aliphatic carbocycles. The fourth-order valence-electron chi connectivity index (χ4n) is 1.33. The molecule has 1 amide bonds. The van der Waals surface area contributed by atoms with E-state index in [4.69, 9.17) is 5.73 Å². The Bertz CT molecular complexity index is 435. The van der Waals surface area contributed by atoms with Gasteiger partial charge < -0.3 is 16.2 Å². The van der Waals surface area contributed by atoms with Crippen LogP contribution in [0.1, 0.15) is 36.2 Å². The third-order valence-electron chi connectivity index (χ3n) is 3.04. The highest BCUT2D eigenvalue weighted by molar-refractivity contribution is 5.95. The molecule has 18 heavy (non-hydrogen) atoms. The Balaban J connectivity index is 2.80. The molecule has 0 spiro atoms. The second-order valence-corrected chi connectivity index (χ2v) is 4.71. The minimum absolute atomic E-state index is 0.109. The van der Waals surface area contributed by atoms with E-state index in [1.54, 1.807) is 13.8 Å². The Morgan fingerprint density at radius 1 is 1.56 bits per heavy atom. The topological polar surface area (TPSA) is 75.3 Å². The number of halogens is 1. The van der Waals surface area contributed by atoms with E-state index in [2.05, 4.69) is 5.32 Å². The van der Waals surface area contributed by atoms with Crippen molar-refractivity contribution in [1.29, 1.82) is 0 Å². The van der Waals surface area contributed by atoms with Gasteiger partial charge in [-0.05, 0) is 32.4 Å². The number of rotatable bonds is 4. The van der Waals surface area contributed by atoms with E-state index in [9.17, 15) is 14.3 Å². The molecule has 0 saturated carbocycles. The molecule has 4 nitrogen and oxygen atoms in total. The SMILES string of the molecule is CCC(C)(O)CNC(=O)c1cc(N)c(C)c(F)c1. The lowest BCUT2D eigenvalue weighted by Gasteiger charge is -2.21. The zero-order valence-electron chi connectivity index (χ0n) is 10.9. The standard InChI is InChI=1S/C13H19FN2O2/c1-4-13(3,18)7-16-12(17)9-5-10(14)8(2)11(15)6-9/h5-6,18H,4,7,15H2,1-3H3,(H,16,17). The zero-order chi connectivity index (χ0) is 13.9. The summed E-state index contributed by atoms with van der Waals surface area (Å²) in [6, 6.07) is 2.57. The van der Waals surface area contributed by atoms with Crippen molar-refractivity contribution in [3.8, 4) is 0 Å². The summed E-state index contributed by atoms with van der Waals surface area (Å²) in [6.45, 7) is 5.10. The van der Waals surface area contributed by atoms with Gasteiger partial charge in [0.2, 0.25) is 0 Å². The molecule has 0 saturated heterocycles. The van der Waals surface area contributed by atoms with Crippen LogP contribution < -0.4 is 11.1 Å². The monoisotopic (exact) mass is 254 g/mol. The summed E-state index contributed by atoms with van der Waals surface area (Å²) in [5.41, 5.74) is 5.35. The smallest absolute Gasteiger partial charge is 0.251 e. The molecule has 4 N–H and O–H groups in total. The molecule has 1 aromatic carbocycles. The van der Waals surface area contributed by atoms with Crippen LogP contribution in [0.5, 0.6) is 0 Å².